The topological polar surface area (TPSA) is 50.9 Å². The lowest BCUT2D eigenvalue weighted by atomic mass is 10.2. The molecule has 0 atom stereocenters. The molecule has 2 rings (SSSR count). The number of aromatic nitrogens is 3. The van der Waals surface area contributed by atoms with E-state index in [1.807, 2.05) is 28.9 Å². The lowest BCUT2D eigenvalue weighted by Crippen LogP contribution is -2.07. The summed E-state index contributed by atoms with van der Waals surface area (Å²) in [5, 5.41) is 13.3. The molecule has 1 heterocycles. The Kier molecular flexibility index (Phi) is 4.38. The van der Waals surface area contributed by atoms with Crippen LogP contribution in [0.15, 0.2) is 35.5 Å². The van der Waals surface area contributed by atoms with Gasteiger partial charge in [-0.25, -0.2) is 9.67 Å². The molecule has 5 heteroatoms. The summed E-state index contributed by atoms with van der Waals surface area (Å²) in [5.74, 6) is 1.76. The highest BCUT2D eigenvalue weighted by Gasteiger charge is 2.07. The van der Waals surface area contributed by atoms with Gasteiger partial charge >= 0.3 is 0 Å². The third kappa shape index (κ3) is 3.11. The van der Waals surface area contributed by atoms with Gasteiger partial charge in [-0.15, -0.1) is 11.8 Å². The maximum absolute atomic E-state index is 9.10. The Morgan fingerprint density at radius 1 is 1.39 bits per heavy atom. The second-order valence-corrected chi connectivity index (χ2v) is 5.36. The number of rotatable bonds is 5. The number of aliphatic hydroxyl groups is 1. The van der Waals surface area contributed by atoms with Crippen LogP contribution in [0.2, 0.25) is 0 Å². The van der Waals surface area contributed by atoms with Gasteiger partial charge in [0, 0.05) is 10.9 Å². The summed E-state index contributed by atoms with van der Waals surface area (Å²) < 4.78 is 1.93. The van der Waals surface area contributed by atoms with Crippen LogP contribution in [0.1, 0.15) is 31.3 Å². The van der Waals surface area contributed by atoms with Gasteiger partial charge in [0.05, 0.1) is 12.4 Å². The van der Waals surface area contributed by atoms with E-state index in [0.717, 1.165) is 22.0 Å². The van der Waals surface area contributed by atoms with Gasteiger partial charge in [0.25, 0.3) is 0 Å². The summed E-state index contributed by atoms with van der Waals surface area (Å²) >= 11 is 1.70. The fraction of sp³-hybridized carbons (Fsp3) is 0.385. The lowest BCUT2D eigenvalue weighted by Gasteiger charge is -2.09. The molecule has 18 heavy (non-hydrogen) atoms. The summed E-state index contributed by atoms with van der Waals surface area (Å²) in [4.78, 5) is 5.42. The highest BCUT2D eigenvalue weighted by Crippen LogP contribution is 2.23. The summed E-state index contributed by atoms with van der Waals surface area (Å²) in [6, 6.07) is 8.24. The first-order chi connectivity index (χ1) is 8.70. The molecule has 1 aromatic heterocycles. The first-order valence-corrected chi connectivity index (χ1v) is 6.90. The van der Waals surface area contributed by atoms with Gasteiger partial charge in [0.1, 0.15) is 12.2 Å². The number of hydrogen-bond donors (Lipinski definition) is 1. The zero-order valence-corrected chi connectivity index (χ0v) is 11.4. The van der Waals surface area contributed by atoms with E-state index in [1.165, 1.54) is 0 Å². The smallest absolute Gasteiger partial charge is 0.138 e. The van der Waals surface area contributed by atoms with Crippen LogP contribution in [0.5, 0.6) is 0 Å². The van der Waals surface area contributed by atoms with Gasteiger partial charge in [-0.05, 0) is 31.5 Å². The van der Waals surface area contributed by atoms with E-state index < -0.39 is 0 Å². The molecule has 2 aromatic rings. The molecule has 96 valence electrons. The zero-order chi connectivity index (χ0) is 13.0. The van der Waals surface area contributed by atoms with Crippen molar-refractivity contribution >= 4 is 11.8 Å². The fourth-order valence-corrected chi connectivity index (χ4v) is 2.60. The van der Waals surface area contributed by atoms with Crippen LogP contribution in [0, 0.1) is 0 Å². The monoisotopic (exact) mass is 263 g/mol. The Hall–Kier alpha value is -1.33. The molecular weight excluding hydrogens is 246 g/mol. The van der Waals surface area contributed by atoms with Gasteiger partial charge in [0.15, 0.2) is 0 Å². The van der Waals surface area contributed by atoms with Crippen molar-refractivity contribution in [1.82, 2.24) is 14.8 Å². The van der Waals surface area contributed by atoms with E-state index in [1.54, 1.807) is 18.1 Å². The number of benzene rings is 1. The van der Waals surface area contributed by atoms with E-state index in [-0.39, 0.29) is 6.61 Å². The summed E-state index contributed by atoms with van der Waals surface area (Å²) in [7, 11) is 0. The van der Waals surface area contributed by atoms with Crippen LogP contribution >= 0.6 is 11.8 Å². The fourth-order valence-electron chi connectivity index (χ4n) is 1.69. The molecule has 0 fully saturated rings. The van der Waals surface area contributed by atoms with Crippen LogP contribution in [-0.2, 0) is 12.4 Å². The Labute approximate surface area is 111 Å². The number of nitrogens with zero attached hydrogens (tertiary/aromatic N) is 3. The summed E-state index contributed by atoms with van der Waals surface area (Å²) in [5.41, 5.74) is 0.935. The molecule has 0 unspecified atom stereocenters. The van der Waals surface area contributed by atoms with Crippen molar-refractivity contribution in [3.05, 3.63) is 42.0 Å². The Morgan fingerprint density at radius 2 is 2.22 bits per heavy atom. The Balaban J connectivity index is 2.04. The van der Waals surface area contributed by atoms with Crippen LogP contribution in [0.4, 0.5) is 0 Å². The number of hydrogen-bond acceptors (Lipinski definition) is 4. The first-order valence-electron chi connectivity index (χ1n) is 5.91. The minimum atomic E-state index is 0.0799. The van der Waals surface area contributed by atoms with E-state index in [9.17, 15) is 0 Å². The highest BCUT2D eigenvalue weighted by molar-refractivity contribution is 7.98. The molecule has 0 spiro atoms. The molecule has 1 N–H and O–H groups in total. The van der Waals surface area contributed by atoms with Gasteiger partial charge in [-0.2, -0.15) is 5.10 Å². The second kappa shape index (κ2) is 6.02. The SMILES string of the molecule is CC(C)n1ncnc1CSc1cccc(CO)c1. The Bertz CT molecular complexity index is 510. The Morgan fingerprint density at radius 3 is 2.94 bits per heavy atom. The molecule has 1 aromatic carbocycles. The van der Waals surface area contributed by atoms with Gasteiger partial charge in [-0.3, -0.25) is 0 Å². The zero-order valence-electron chi connectivity index (χ0n) is 10.6. The van der Waals surface area contributed by atoms with Gasteiger partial charge in [-0.1, -0.05) is 12.1 Å². The molecule has 4 nitrogen and oxygen atoms in total. The van der Waals surface area contributed by atoms with Crippen LogP contribution in [0.3, 0.4) is 0 Å². The third-order valence-corrected chi connectivity index (χ3v) is 3.58. The number of aliphatic hydroxyl groups excluding tert-OH is 1. The molecule has 0 aliphatic rings. The van der Waals surface area contributed by atoms with Crippen molar-refractivity contribution in [3.8, 4) is 0 Å². The molecule has 0 saturated heterocycles. The van der Waals surface area contributed by atoms with Crippen molar-refractivity contribution in [3.63, 3.8) is 0 Å². The maximum Gasteiger partial charge on any atom is 0.138 e. The van der Waals surface area contributed by atoms with E-state index in [4.69, 9.17) is 5.11 Å². The highest BCUT2D eigenvalue weighted by atomic mass is 32.2. The van der Waals surface area contributed by atoms with Gasteiger partial charge in [0.2, 0.25) is 0 Å². The van der Waals surface area contributed by atoms with E-state index in [2.05, 4.69) is 23.9 Å². The minimum Gasteiger partial charge on any atom is -0.392 e. The normalized spacial score (nSPS) is 11.1. The minimum absolute atomic E-state index is 0.0799. The quantitative estimate of drug-likeness (QED) is 0.843. The molecule has 0 amide bonds. The maximum atomic E-state index is 9.10. The molecule has 0 radical (unpaired) electrons. The van der Waals surface area contributed by atoms with Crippen molar-refractivity contribution < 1.29 is 5.11 Å². The average Bonchev–Trinajstić information content (AvgIpc) is 2.85. The average molecular weight is 263 g/mol. The molecular formula is C13H17N3OS. The predicted molar refractivity (Wildman–Crippen MR) is 72.3 cm³/mol. The third-order valence-electron chi connectivity index (χ3n) is 2.59. The molecule has 0 aliphatic heterocycles. The second-order valence-electron chi connectivity index (χ2n) is 4.31. The van der Waals surface area contributed by atoms with Crippen LogP contribution in [-0.4, -0.2) is 19.9 Å². The van der Waals surface area contributed by atoms with Crippen molar-refractivity contribution in [2.45, 2.75) is 37.1 Å². The van der Waals surface area contributed by atoms with Crippen LogP contribution < -0.4 is 0 Å². The number of thioether (sulfide) groups is 1. The predicted octanol–water partition coefficient (Wildman–Crippen LogP) is 2.64. The lowest BCUT2D eigenvalue weighted by molar-refractivity contribution is 0.281. The molecule has 0 bridgehead atoms. The van der Waals surface area contributed by atoms with E-state index in [0.29, 0.717) is 6.04 Å². The van der Waals surface area contributed by atoms with Crippen molar-refractivity contribution in [1.29, 1.82) is 0 Å². The van der Waals surface area contributed by atoms with Gasteiger partial charge < -0.3 is 5.11 Å². The molecule has 0 aliphatic carbocycles. The largest absolute Gasteiger partial charge is 0.392 e. The van der Waals surface area contributed by atoms with E-state index >= 15 is 0 Å². The van der Waals surface area contributed by atoms with Crippen molar-refractivity contribution in [2.75, 3.05) is 0 Å². The van der Waals surface area contributed by atoms with Crippen molar-refractivity contribution in [2.24, 2.45) is 0 Å². The standard InChI is InChI=1S/C13H17N3OS/c1-10(2)16-13(14-9-15-16)8-18-12-5-3-4-11(6-12)7-17/h3-6,9-10,17H,7-8H2,1-2H3. The first kappa shape index (κ1) is 13.1. The molecule has 0 saturated carbocycles. The van der Waals surface area contributed by atoms with Crippen LogP contribution in [0.25, 0.3) is 0 Å². The summed E-state index contributed by atoms with van der Waals surface area (Å²) in [6.45, 7) is 4.26. The summed E-state index contributed by atoms with van der Waals surface area (Å²) in [6.07, 6.45) is 1.60.